The third kappa shape index (κ3) is 3.14. The summed E-state index contributed by atoms with van der Waals surface area (Å²) in [7, 11) is -3.51. The fourth-order valence-electron chi connectivity index (χ4n) is 2.04. The highest BCUT2D eigenvalue weighted by atomic mass is 32.2. The lowest BCUT2D eigenvalue weighted by Gasteiger charge is -2.21. The fourth-order valence-corrected chi connectivity index (χ4v) is 3.71. The van der Waals surface area contributed by atoms with Crippen molar-refractivity contribution in [2.24, 2.45) is 5.73 Å². The molecule has 0 radical (unpaired) electrons. The molecule has 1 aliphatic carbocycles. The van der Waals surface area contributed by atoms with Crippen LogP contribution in [0, 0.1) is 0 Å². The minimum atomic E-state index is -3.51. The van der Waals surface area contributed by atoms with E-state index in [1.165, 1.54) is 4.31 Å². The zero-order valence-electron chi connectivity index (χ0n) is 11.0. The highest BCUT2D eigenvalue weighted by Gasteiger charge is 2.37. The Morgan fingerprint density at radius 1 is 1.37 bits per heavy atom. The SMILES string of the molecule is CC(N)c1ccc(S(=O)(=O)N(CCO)C2CC2)cc1. The van der Waals surface area contributed by atoms with E-state index in [1.807, 2.05) is 6.92 Å². The molecule has 0 aromatic heterocycles. The summed E-state index contributed by atoms with van der Waals surface area (Å²) in [5.41, 5.74) is 6.65. The van der Waals surface area contributed by atoms with Gasteiger partial charge in [0.2, 0.25) is 10.0 Å². The van der Waals surface area contributed by atoms with Gasteiger partial charge in [-0.1, -0.05) is 12.1 Å². The number of hydrogen-bond donors (Lipinski definition) is 2. The van der Waals surface area contributed by atoms with Crippen molar-refractivity contribution in [1.29, 1.82) is 0 Å². The van der Waals surface area contributed by atoms with E-state index >= 15 is 0 Å². The summed E-state index contributed by atoms with van der Waals surface area (Å²) in [6, 6.07) is 6.57. The maximum atomic E-state index is 12.5. The highest BCUT2D eigenvalue weighted by Crippen LogP contribution is 2.31. The summed E-state index contributed by atoms with van der Waals surface area (Å²) < 4.78 is 26.3. The van der Waals surface area contributed by atoms with E-state index in [0.29, 0.717) is 0 Å². The number of sulfonamides is 1. The maximum absolute atomic E-state index is 12.5. The van der Waals surface area contributed by atoms with Gasteiger partial charge in [0.1, 0.15) is 0 Å². The lowest BCUT2D eigenvalue weighted by molar-refractivity contribution is 0.250. The van der Waals surface area contributed by atoms with Crippen LogP contribution in [0.1, 0.15) is 31.4 Å². The number of rotatable bonds is 6. The molecule has 5 nitrogen and oxygen atoms in total. The molecule has 0 amide bonds. The Morgan fingerprint density at radius 2 is 1.95 bits per heavy atom. The first-order valence-corrected chi connectivity index (χ1v) is 7.89. The predicted octanol–water partition coefficient (Wildman–Crippen LogP) is 0.852. The number of nitrogens with zero attached hydrogens (tertiary/aromatic N) is 1. The number of nitrogens with two attached hydrogens (primary N) is 1. The Kier molecular flexibility index (Phi) is 4.25. The highest BCUT2D eigenvalue weighted by molar-refractivity contribution is 7.89. The molecule has 1 unspecified atom stereocenters. The topological polar surface area (TPSA) is 83.6 Å². The third-order valence-electron chi connectivity index (χ3n) is 3.29. The minimum absolute atomic E-state index is 0.0465. The number of hydrogen-bond acceptors (Lipinski definition) is 4. The van der Waals surface area contributed by atoms with Crippen molar-refractivity contribution in [3.63, 3.8) is 0 Å². The lowest BCUT2D eigenvalue weighted by atomic mass is 10.1. The first kappa shape index (κ1) is 14.5. The molecule has 19 heavy (non-hydrogen) atoms. The van der Waals surface area contributed by atoms with Gasteiger partial charge in [-0.05, 0) is 37.5 Å². The van der Waals surface area contributed by atoms with Gasteiger partial charge in [-0.15, -0.1) is 0 Å². The largest absolute Gasteiger partial charge is 0.395 e. The van der Waals surface area contributed by atoms with Gasteiger partial charge in [-0.25, -0.2) is 8.42 Å². The van der Waals surface area contributed by atoms with E-state index in [2.05, 4.69) is 0 Å². The quantitative estimate of drug-likeness (QED) is 0.811. The Hall–Kier alpha value is -0.950. The summed E-state index contributed by atoms with van der Waals surface area (Å²) in [6.07, 6.45) is 1.74. The molecule has 0 spiro atoms. The van der Waals surface area contributed by atoms with Crippen molar-refractivity contribution >= 4 is 10.0 Å². The van der Waals surface area contributed by atoms with Gasteiger partial charge < -0.3 is 10.8 Å². The molecule has 1 saturated carbocycles. The molecule has 0 aliphatic heterocycles. The van der Waals surface area contributed by atoms with Crippen LogP contribution in [0.3, 0.4) is 0 Å². The second kappa shape index (κ2) is 5.58. The van der Waals surface area contributed by atoms with Crippen LogP contribution in [0.25, 0.3) is 0 Å². The molecule has 106 valence electrons. The predicted molar refractivity (Wildman–Crippen MR) is 73.0 cm³/mol. The van der Waals surface area contributed by atoms with Gasteiger partial charge >= 0.3 is 0 Å². The van der Waals surface area contributed by atoms with Crippen LogP contribution >= 0.6 is 0 Å². The molecule has 1 aromatic carbocycles. The summed E-state index contributed by atoms with van der Waals surface area (Å²) in [5, 5.41) is 9.02. The van der Waals surface area contributed by atoms with Gasteiger partial charge in [0.05, 0.1) is 11.5 Å². The van der Waals surface area contributed by atoms with Crippen molar-refractivity contribution in [2.45, 2.75) is 36.7 Å². The maximum Gasteiger partial charge on any atom is 0.243 e. The zero-order valence-corrected chi connectivity index (χ0v) is 11.8. The summed E-state index contributed by atoms with van der Waals surface area (Å²) >= 11 is 0. The Balaban J connectivity index is 2.27. The number of aliphatic hydroxyl groups excluding tert-OH is 1. The van der Waals surface area contributed by atoms with E-state index < -0.39 is 10.0 Å². The van der Waals surface area contributed by atoms with E-state index in [4.69, 9.17) is 10.8 Å². The van der Waals surface area contributed by atoms with E-state index in [0.717, 1.165) is 18.4 Å². The second-order valence-corrected chi connectivity index (χ2v) is 6.82. The fraction of sp³-hybridized carbons (Fsp3) is 0.538. The first-order valence-electron chi connectivity index (χ1n) is 6.45. The van der Waals surface area contributed by atoms with E-state index in [-0.39, 0.29) is 30.1 Å². The Labute approximate surface area is 114 Å². The normalized spacial score (nSPS) is 17.7. The van der Waals surface area contributed by atoms with Crippen molar-refractivity contribution < 1.29 is 13.5 Å². The standard InChI is InChI=1S/C13H20N2O3S/c1-10(14)11-2-6-13(7-3-11)19(17,18)15(8-9-16)12-4-5-12/h2-3,6-7,10,12,16H,4-5,8-9,14H2,1H3. The Morgan fingerprint density at radius 3 is 2.37 bits per heavy atom. The molecule has 3 N–H and O–H groups in total. The molecule has 0 heterocycles. The second-order valence-electron chi connectivity index (χ2n) is 4.93. The minimum Gasteiger partial charge on any atom is -0.395 e. The van der Waals surface area contributed by atoms with E-state index in [1.54, 1.807) is 24.3 Å². The zero-order chi connectivity index (χ0) is 14.0. The smallest absolute Gasteiger partial charge is 0.243 e. The van der Waals surface area contributed by atoms with Crippen LogP contribution in [-0.2, 0) is 10.0 Å². The number of aliphatic hydroxyl groups is 1. The molecule has 1 aromatic rings. The molecule has 2 rings (SSSR count). The average Bonchev–Trinajstić information content (AvgIpc) is 3.20. The molecule has 1 aliphatic rings. The van der Waals surface area contributed by atoms with Gasteiger partial charge in [-0.3, -0.25) is 0 Å². The summed E-state index contributed by atoms with van der Waals surface area (Å²) in [4.78, 5) is 0.261. The summed E-state index contributed by atoms with van der Waals surface area (Å²) in [5.74, 6) is 0. The molecular weight excluding hydrogens is 264 g/mol. The molecule has 1 fully saturated rings. The monoisotopic (exact) mass is 284 g/mol. The lowest BCUT2D eigenvalue weighted by Crippen LogP contribution is -2.35. The van der Waals surface area contributed by atoms with Crippen LogP contribution in [0.4, 0.5) is 0 Å². The van der Waals surface area contributed by atoms with Crippen molar-refractivity contribution in [2.75, 3.05) is 13.2 Å². The Bertz CT molecular complexity index is 521. The van der Waals surface area contributed by atoms with Crippen molar-refractivity contribution in [1.82, 2.24) is 4.31 Å². The number of benzene rings is 1. The third-order valence-corrected chi connectivity index (χ3v) is 5.25. The summed E-state index contributed by atoms with van der Waals surface area (Å²) in [6.45, 7) is 1.85. The first-order chi connectivity index (χ1) is 8.96. The average molecular weight is 284 g/mol. The van der Waals surface area contributed by atoms with Gasteiger partial charge in [-0.2, -0.15) is 4.31 Å². The molecule has 0 saturated heterocycles. The molecule has 6 heteroatoms. The van der Waals surface area contributed by atoms with Crippen LogP contribution in [0.15, 0.2) is 29.2 Å². The molecule has 0 bridgehead atoms. The van der Waals surface area contributed by atoms with Gasteiger partial charge in [0, 0.05) is 18.6 Å². The molecular formula is C13H20N2O3S. The van der Waals surface area contributed by atoms with Crippen LogP contribution in [-0.4, -0.2) is 37.0 Å². The van der Waals surface area contributed by atoms with Crippen LogP contribution in [0.5, 0.6) is 0 Å². The van der Waals surface area contributed by atoms with Gasteiger partial charge in [0.15, 0.2) is 0 Å². The van der Waals surface area contributed by atoms with Crippen molar-refractivity contribution in [3.8, 4) is 0 Å². The van der Waals surface area contributed by atoms with Crippen LogP contribution < -0.4 is 5.73 Å². The van der Waals surface area contributed by atoms with Crippen molar-refractivity contribution in [3.05, 3.63) is 29.8 Å². The molecule has 1 atom stereocenters. The van der Waals surface area contributed by atoms with Crippen LogP contribution in [0.2, 0.25) is 0 Å². The van der Waals surface area contributed by atoms with E-state index in [9.17, 15) is 8.42 Å². The van der Waals surface area contributed by atoms with Gasteiger partial charge in [0.25, 0.3) is 0 Å².